The molecule has 0 amide bonds. The van der Waals surface area contributed by atoms with E-state index in [2.05, 4.69) is 32.0 Å². The van der Waals surface area contributed by atoms with Crippen LogP contribution < -0.4 is 9.26 Å². The molecule has 0 atom stereocenters. The highest BCUT2D eigenvalue weighted by Crippen LogP contribution is 2.53. The molecule has 234 valence electrons. The van der Waals surface area contributed by atoms with Gasteiger partial charge in [0.15, 0.2) is 0 Å². The van der Waals surface area contributed by atoms with Crippen LogP contribution in [0.2, 0.25) is 0 Å². The maximum absolute atomic E-state index is 13.8. The zero-order valence-electron chi connectivity index (χ0n) is 26.5. The average Bonchev–Trinajstić information content (AvgIpc) is 3.48. The van der Waals surface area contributed by atoms with E-state index in [1.165, 1.54) is 0 Å². The van der Waals surface area contributed by atoms with E-state index in [1.54, 1.807) is 16.4 Å². The summed E-state index contributed by atoms with van der Waals surface area (Å²) in [6, 6.07) is 19.4. The van der Waals surface area contributed by atoms with Gasteiger partial charge in [-0.3, -0.25) is 0 Å². The predicted molar refractivity (Wildman–Crippen MR) is 178 cm³/mol. The number of fused-ring (bicyclic) bond motifs is 2. The molecular formula is C35H42NO6PS. The molecule has 0 N–H and O–H groups in total. The van der Waals surface area contributed by atoms with Crippen molar-refractivity contribution < 1.29 is 26.7 Å². The molecule has 4 aromatic carbocycles. The number of hydrogen-bond donors (Lipinski definition) is 0. The molecule has 0 radical (unpaired) electrons. The second-order valence-electron chi connectivity index (χ2n) is 11.0. The van der Waals surface area contributed by atoms with E-state index >= 15 is 0 Å². The maximum Gasteiger partial charge on any atom is 0.397 e. The summed E-state index contributed by atoms with van der Waals surface area (Å²) in [5, 5.41) is 2.11. The van der Waals surface area contributed by atoms with Crippen molar-refractivity contribution in [3.8, 4) is 22.6 Å². The molecule has 0 saturated carbocycles. The Morgan fingerprint density at radius 1 is 0.795 bits per heavy atom. The van der Waals surface area contributed by atoms with Gasteiger partial charge in [0.25, 0.3) is 0 Å². The van der Waals surface area contributed by atoms with Gasteiger partial charge in [-0.25, -0.2) is 8.42 Å². The summed E-state index contributed by atoms with van der Waals surface area (Å²) in [4.78, 5) is 0.291. The van der Waals surface area contributed by atoms with Gasteiger partial charge in [-0.1, -0.05) is 61.4 Å². The van der Waals surface area contributed by atoms with Crippen LogP contribution in [0.25, 0.3) is 21.9 Å². The third kappa shape index (κ3) is 6.37. The van der Waals surface area contributed by atoms with Crippen LogP contribution in [0.5, 0.6) is 11.5 Å². The number of benzene rings is 4. The van der Waals surface area contributed by atoms with E-state index in [4.69, 9.17) is 18.3 Å². The summed E-state index contributed by atoms with van der Waals surface area (Å²) >= 11 is 0. The van der Waals surface area contributed by atoms with E-state index in [-0.39, 0.29) is 13.1 Å². The van der Waals surface area contributed by atoms with Gasteiger partial charge in [-0.15, -0.1) is 0 Å². The Labute approximate surface area is 263 Å². The topological polar surface area (TPSA) is 74.3 Å². The van der Waals surface area contributed by atoms with Crippen LogP contribution in [0, 0.1) is 20.8 Å². The molecule has 0 fully saturated rings. The lowest BCUT2D eigenvalue weighted by atomic mass is 9.87. The van der Waals surface area contributed by atoms with Crippen molar-refractivity contribution >= 4 is 29.4 Å². The Morgan fingerprint density at radius 3 is 2.11 bits per heavy atom. The van der Waals surface area contributed by atoms with Crippen LogP contribution in [-0.2, 0) is 32.2 Å². The van der Waals surface area contributed by atoms with Crippen LogP contribution in [0.4, 0.5) is 0 Å². The molecule has 0 bridgehead atoms. The van der Waals surface area contributed by atoms with Gasteiger partial charge in [0, 0.05) is 24.2 Å². The summed E-state index contributed by atoms with van der Waals surface area (Å²) in [5.41, 5.74) is 6.60. The fourth-order valence-electron chi connectivity index (χ4n) is 5.71. The Kier molecular flexibility index (Phi) is 10.3. The Hall–Kier alpha value is -3.00. The zero-order valence-corrected chi connectivity index (χ0v) is 28.2. The second-order valence-corrected chi connectivity index (χ2v) is 14.1. The molecule has 9 heteroatoms. The van der Waals surface area contributed by atoms with Crippen LogP contribution in [0.3, 0.4) is 0 Å². The van der Waals surface area contributed by atoms with Crippen molar-refractivity contribution in [1.29, 1.82) is 0 Å². The molecule has 0 saturated heterocycles. The van der Waals surface area contributed by atoms with Crippen molar-refractivity contribution in [2.24, 2.45) is 0 Å². The van der Waals surface area contributed by atoms with Gasteiger partial charge in [0.2, 0.25) is 10.0 Å². The first kappa shape index (κ1) is 32.4. The van der Waals surface area contributed by atoms with Gasteiger partial charge in [-0.05, 0) is 92.3 Å². The summed E-state index contributed by atoms with van der Waals surface area (Å²) in [6.07, 6.45) is 1.95. The summed E-state index contributed by atoms with van der Waals surface area (Å²) in [5.74, 6) is 1.41. The molecule has 0 aliphatic carbocycles. The first-order valence-electron chi connectivity index (χ1n) is 15.3. The number of hydrogen-bond acceptors (Lipinski definition) is 6. The van der Waals surface area contributed by atoms with Crippen LogP contribution in [0.1, 0.15) is 61.4 Å². The fraction of sp³-hybridized carbons (Fsp3) is 0.371. The van der Waals surface area contributed by atoms with Crippen LogP contribution in [0.15, 0.2) is 65.6 Å². The van der Waals surface area contributed by atoms with Crippen LogP contribution in [-0.4, -0.2) is 32.5 Å². The Bertz CT molecular complexity index is 1730. The molecule has 0 aromatic heterocycles. The number of unbranched alkanes of at least 4 members (excludes halogenated alkanes) is 1. The van der Waals surface area contributed by atoms with Crippen molar-refractivity contribution in [3.05, 3.63) is 88.5 Å². The monoisotopic (exact) mass is 635 g/mol. The molecule has 4 aromatic rings. The van der Waals surface area contributed by atoms with E-state index in [0.29, 0.717) is 30.5 Å². The summed E-state index contributed by atoms with van der Waals surface area (Å²) < 4.78 is 54.2. The minimum absolute atomic E-state index is 0.255. The van der Waals surface area contributed by atoms with Gasteiger partial charge in [-0.2, -0.15) is 4.31 Å². The van der Waals surface area contributed by atoms with Gasteiger partial charge < -0.3 is 18.3 Å². The average molecular weight is 636 g/mol. The summed E-state index contributed by atoms with van der Waals surface area (Å²) in [6.45, 7) is 14.0. The lowest BCUT2D eigenvalue weighted by Gasteiger charge is -2.25. The van der Waals surface area contributed by atoms with Gasteiger partial charge in [0.1, 0.15) is 11.5 Å². The number of aryl methyl sites for hydroxylation is 1. The minimum atomic E-state index is -3.72. The lowest BCUT2D eigenvalue weighted by Crippen LogP contribution is -2.25. The maximum atomic E-state index is 13.8. The normalized spacial score (nSPS) is 13.5. The van der Waals surface area contributed by atoms with Gasteiger partial charge in [0.05, 0.1) is 24.7 Å². The van der Waals surface area contributed by atoms with Crippen LogP contribution >= 0.6 is 8.60 Å². The molecule has 1 aliphatic heterocycles. The first-order valence-corrected chi connectivity index (χ1v) is 17.8. The molecule has 1 heterocycles. The lowest BCUT2D eigenvalue weighted by molar-refractivity contribution is 0.221. The van der Waals surface area contributed by atoms with E-state index < -0.39 is 18.6 Å². The number of rotatable bonds is 13. The number of ether oxygens (including phenoxy) is 1. The Morgan fingerprint density at radius 2 is 1.45 bits per heavy atom. The zero-order chi connectivity index (χ0) is 31.4. The quantitative estimate of drug-likeness (QED) is 0.108. The largest absolute Gasteiger partial charge is 0.493 e. The molecule has 0 spiro atoms. The number of nitrogens with zero attached hydrogens (tertiary/aromatic N) is 1. The van der Waals surface area contributed by atoms with Gasteiger partial charge >= 0.3 is 8.60 Å². The second kappa shape index (κ2) is 14.0. The molecule has 1 aliphatic rings. The molecule has 44 heavy (non-hydrogen) atoms. The fourth-order valence-corrected chi connectivity index (χ4v) is 8.07. The molecule has 7 nitrogen and oxygen atoms in total. The standard InChI is InChI=1S/C35H42NO6PS/c1-7-10-21-39-32-20-17-27-13-11-12-14-29(27)34(32)33-25(5)30-22-36(44(37,38)28-18-15-24(4)16-19-28)23-31(30)26(6)35(33)42-43(40-8-2)41-9-3/h11-20H,7-10,21-23H2,1-6H3. The van der Waals surface area contributed by atoms with Crippen molar-refractivity contribution in [2.75, 3.05) is 19.8 Å². The smallest absolute Gasteiger partial charge is 0.397 e. The SMILES string of the molecule is CCCCOc1ccc2ccccc2c1-c1c(C)c2c(c(C)c1OP(OCC)OCC)CN(S(=O)(=O)c1ccc(C)cc1)C2. The third-order valence-electron chi connectivity index (χ3n) is 8.07. The first-order chi connectivity index (χ1) is 21.2. The summed E-state index contributed by atoms with van der Waals surface area (Å²) in [7, 11) is -5.41. The number of sulfonamides is 1. The minimum Gasteiger partial charge on any atom is -0.493 e. The Balaban J connectivity index is 1.73. The highest BCUT2D eigenvalue weighted by molar-refractivity contribution is 7.89. The van der Waals surface area contributed by atoms with Crippen molar-refractivity contribution in [3.63, 3.8) is 0 Å². The third-order valence-corrected chi connectivity index (χ3v) is 11.1. The van der Waals surface area contributed by atoms with E-state index in [1.807, 2.05) is 58.0 Å². The molecule has 0 unspecified atom stereocenters. The van der Waals surface area contributed by atoms with E-state index in [9.17, 15) is 8.42 Å². The highest BCUT2D eigenvalue weighted by Gasteiger charge is 2.36. The van der Waals surface area contributed by atoms with E-state index in [0.717, 1.165) is 68.3 Å². The molecule has 5 rings (SSSR count). The highest BCUT2D eigenvalue weighted by atomic mass is 32.2. The molecular weight excluding hydrogens is 593 g/mol. The van der Waals surface area contributed by atoms with Crippen molar-refractivity contribution in [2.45, 2.75) is 72.4 Å². The van der Waals surface area contributed by atoms with Crippen molar-refractivity contribution in [1.82, 2.24) is 4.31 Å². The predicted octanol–water partition coefficient (Wildman–Crippen LogP) is 8.99.